The zero-order chi connectivity index (χ0) is 14.9. The molecule has 1 aliphatic rings. The third-order valence-corrected chi connectivity index (χ3v) is 4.66. The van der Waals surface area contributed by atoms with Gasteiger partial charge in [0.2, 0.25) is 0 Å². The van der Waals surface area contributed by atoms with Gasteiger partial charge in [-0.05, 0) is 24.3 Å². The quantitative estimate of drug-likeness (QED) is 0.731. The summed E-state index contributed by atoms with van der Waals surface area (Å²) >= 11 is 1.57. The number of nitrogen functional groups attached to an aromatic ring is 1. The molecule has 7 heteroatoms. The maximum absolute atomic E-state index is 5.74. The standard InChI is InChI=1S/C15H15N5OS/c16-11-3-1-10(2-4-11)14-19-12-13(17-9-18-15(12)22-14)20-5-7-21-8-6-20/h1-4,9H,5-8,16H2. The van der Waals surface area contributed by atoms with E-state index < -0.39 is 0 Å². The smallest absolute Gasteiger partial charge is 0.159 e. The number of aromatic nitrogens is 3. The van der Waals surface area contributed by atoms with Gasteiger partial charge in [-0.3, -0.25) is 0 Å². The summed E-state index contributed by atoms with van der Waals surface area (Å²) in [6.07, 6.45) is 1.61. The molecule has 0 saturated carbocycles. The highest BCUT2D eigenvalue weighted by Gasteiger charge is 2.18. The fourth-order valence-corrected chi connectivity index (χ4v) is 3.41. The average molecular weight is 313 g/mol. The van der Waals surface area contributed by atoms with Crippen molar-refractivity contribution >= 4 is 33.2 Å². The number of fused-ring (bicyclic) bond motifs is 1. The Kier molecular flexibility index (Phi) is 3.36. The Morgan fingerprint density at radius 2 is 1.86 bits per heavy atom. The molecule has 0 amide bonds. The number of hydrogen-bond donors (Lipinski definition) is 1. The molecular weight excluding hydrogens is 298 g/mol. The SMILES string of the molecule is Nc1ccc(-c2nc3c(N4CCOCC4)ncnc3s2)cc1. The van der Waals surface area contributed by atoms with Crippen molar-refractivity contribution in [3.05, 3.63) is 30.6 Å². The number of ether oxygens (including phenoxy) is 1. The Bertz CT molecular complexity index is 795. The highest BCUT2D eigenvalue weighted by molar-refractivity contribution is 7.21. The van der Waals surface area contributed by atoms with Crippen molar-refractivity contribution < 1.29 is 4.74 Å². The summed E-state index contributed by atoms with van der Waals surface area (Å²) in [7, 11) is 0. The summed E-state index contributed by atoms with van der Waals surface area (Å²) < 4.78 is 5.40. The molecule has 112 valence electrons. The van der Waals surface area contributed by atoms with E-state index in [0.29, 0.717) is 0 Å². The third kappa shape index (κ3) is 2.38. The molecule has 22 heavy (non-hydrogen) atoms. The van der Waals surface area contributed by atoms with Gasteiger partial charge in [0.25, 0.3) is 0 Å². The van der Waals surface area contributed by atoms with Gasteiger partial charge in [-0.15, -0.1) is 0 Å². The summed E-state index contributed by atoms with van der Waals surface area (Å²) in [6.45, 7) is 3.11. The van der Waals surface area contributed by atoms with Crippen LogP contribution in [0, 0.1) is 0 Å². The fourth-order valence-electron chi connectivity index (χ4n) is 2.50. The molecule has 2 aromatic heterocycles. The van der Waals surface area contributed by atoms with Crippen molar-refractivity contribution in [3.8, 4) is 10.6 Å². The van der Waals surface area contributed by atoms with Crippen LogP contribution in [0.15, 0.2) is 30.6 Å². The summed E-state index contributed by atoms with van der Waals surface area (Å²) in [5, 5.41) is 0.935. The Morgan fingerprint density at radius 1 is 1.09 bits per heavy atom. The van der Waals surface area contributed by atoms with Crippen LogP contribution in [-0.4, -0.2) is 41.3 Å². The number of nitrogens with two attached hydrogens (primary N) is 1. The van der Waals surface area contributed by atoms with E-state index in [1.807, 2.05) is 24.3 Å². The van der Waals surface area contributed by atoms with Crippen LogP contribution >= 0.6 is 11.3 Å². The highest BCUT2D eigenvalue weighted by atomic mass is 32.1. The largest absolute Gasteiger partial charge is 0.399 e. The number of nitrogens with zero attached hydrogens (tertiary/aromatic N) is 4. The first-order valence-corrected chi connectivity index (χ1v) is 7.93. The van der Waals surface area contributed by atoms with Crippen molar-refractivity contribution in [1.29, 1.82) is 0 Å². The van der Waals surface area contributed by atoms with Crippen LogP contribution in [0.2, 0.25) is 0 Å². The summed E-state index contributed by atoms with van der Waals surface area (Å²) in [5.41, 5.74) is 8.40. The van der Waals surface area contributed by atoms with Gasteiger partial charge in [-0.1, -0.05) is 11.3 Å². The van der Waals surface area contributed by atoms with Crippen LogP contribution in [0.4, 0.5) is 11.5 Å². The van der Waals surface area contributed by atoms with E-state index in [1.165, 1.54) is 0 Å². The maximum Gasteiger partial charge on any atom is 0.159 e. The molecule has 4 rings (SSSR count). The molecule has 0 unspecified atom stereocenters. The van der Waals surface area contributed by atoms with E-state index in [9.17, 15) is 0 Å². The zero-order valence-electron chi connectivity index (χ0n) is 11.9. The number of rotatable bonds is 2. The molecular formula is C15H15N5OS. The monoisotopic (exact) mass is 313 g/mol. The van der Waals surface area contributed by atoms with E-state index in [2.05, 4.69) is 14.9 Å². The van der Waals surface area contributed by atoms with Crippen LogP contribution in [-0.2, 0) is 4.74 Å². The molecule has 0 bridgehead atoms. The molecule has 6 nitrogen and oxygen atoms in total. The van der Waals surface area contributed by atoms with Crippen molar-refractivity contribution in [2.75, 3.05) is 36.9 Å². The van der Waals surface area contributed by atoms with Crippen molar-refractivity contribution in [2.45, 2.75) is 0 Å². The first kappa shape index (κ1) is 13.4. The second-order valence-corrected chi connectivity index (χ2v) is 6.07. The lowest BCUT2D eigenvalue weighted by Gasteiger charge is -2.27. The van der Waals surface area contributed by atoms with Gasteiger partial charge in [0, 0.05) is 24.3 Å². The minimum Gasteiger partial charge on any atom is -0.399 e. The molecule has 1 fully saturated rings. The molecule has 0 atom stereocenters. The summed E-state index contributed by atoms with van der Waals surface area (Å²) in [5.74, 6) is 0.895. The zero-order valence-corrected chi connectivity index (χ0v) is 12.7. The Balaban J connectivity index is 1.78. The number of thiazole rings is 1. The maximum atomic E-state index is 5.74. The lowest BCUT2D eigenvalue weighted by atomic mass is 10.2. The van der Waals surface area contributed by atoms with Gasteiger partial charge >= 0.3 is 0 Å². The van der Waals surface area contributed by atoms with Gasteiger partial charge in [0.1, 0.15) is 21.7 Å². The van der Waals surface area contributed by atoms with Gasteiger partial charge in [0.15, 0.2) is 5.82 Å². The third-order valence-electron chi connectivity index (χ3n) is 3.64. The van der Waals surface area contributed by atoms with Crippen LogP contribution in [0.3, 0.4) is 0 Å². The van der Waals surface area contributed by atoms with Crippen LogP contribution in [0.25, 0.3) is 20.9 Å². The van der Waals surface area contributed by atoms with Gasteiger partial charge in [-0.2, -0.15) is 0 Å². The summed E-state index contributed by atoms with van der Waals surface area (Å²) in [4.78, 5) is 16.7. The lowest BCUT2D eigenvalue weighted by molar-refractivity contribution is 0.122. The molecule has 3 heterocycles. The van der Waals surface area contributed by atoms with Gasteiger partial charge in [-0.25, -0.2) is 15.0 Å². The van der Waals surface area contributed by atoms with E-state index >= 15 is 0 Å². The van der Waals surface area contributed by atoms with Crippen LogP contribution in [0.1, 0.15) is 0 Å². The van der Waals surface area contributed by atoms with Crippen molar-refractivity contribution in [2.24, 2.45) is 0 Å². The molecule has 0 radical (unpaired) electrons. The number of hydrogen-bond acceptors (Lipinski definition) is 7. The first-order valence-electron chi connectivity index (χ1n) is 7.11. The molecule has 0 spiro atoms. The van der Waals surface area contributed by atoms with E-state index in [0.717, 1.165) is 58.7 Å². The molecule has 0 aliphatic carbocycles. The minimum absolute atomic E-state index is 0.723. The predicted octanol–water partition coefficient (Wildman–Crippen LogP) is 2.17. The van der Waals surface area contributed by atoms with E-state index in [-0.39, 0.29) is 0 Å². The molecule has 2 N–H and O–H groups in total. The van der Waals surface area contributed by atoms with Crippen LogP contribution < -0.4 is 10.6 Å². The van der Waals surface area contributed by atoms with Gasteiger partial charge in [0.05, 0.1) is 13.2 Å². The van der Waals surface area contributed by atoms with E-state index in [4.69, 9.17) is 15.5 Å². The second-order valence-electron chi connectivity index (χ2n) is 5.09. The van der Waals surface area contributed by atoms with Gasteiger partial charge < -0.3 is 15.4 Å². The van der Waals surface area contributed by atoms with Crippen molar-refractivity contribution in [3.63, 3.8) is 0 Å². The number of morpholine rings is 1. The predicted molar refractivity (Wildman–Crippen MR) is 88.1 cm³/mol. The fraction of sp³-hybridized carbons (Fsp3) is 0.267. The molecule has 1 aliphatic heterocycles. The Labute approximate surface area is 131 Å². The second kappa shape index (κ2) is 5.51. The highest BCUT2D eigenvalue weighted by Crippen LogP contribution is 2.33. The number of anilines is 2. The molecule has 1 aromatic carbocycles. The molecule has 3 aromatic rings. The average Bonchev–Trinajstić information content (AvgIpc) is 3.00. The normalized spacial score (nSPS) is 15.4. The Hall–Kier alpha value is -2.25. The lowest BCUT2D eigenvalue weighted by Crippen LogP contribution is -2.36. The van der Waals surface area contributed by atoms with Crippen molar-refractivity contribution in [1.82, 2.24) is 15.0 Å². The summed E-state index contributed by atoms with van der Waals surface area (Å²) in [6, 6.07) is 7.73. The first-order chi connectivity index (χ1) is 10.8. The van der Waals surface area contributed by atoms with E-state index in [1.54, 1.807) is 17.7 Å². The minimum atomic E-state index is 0.723. The topological polar surface area (TPSA) is 77.2 Å². The number of benzene rings is 1. The van der Waals surface area contributed by atoms with Crippen LogP contribution in [0.5, 0.6) is 0 Å². The molecule has 1 saturated heterocycles. The Morgan fingerprint density at radius 3 is 2.64 bits per heavy atom.